The van der Waals surface area contributed by atoms with Gasteiger partial charge in [-0.05, 0) is 6.42 Å². The second-order valence-electron chi connectivity index (χ2n) is 3.62. The molecule has 0 bridgehead atoms. The van der Waals surface area contributed by atoms with Crippen LogP contribution in [0.25, 0.3) is 0 Å². The highest BCUT2D eigenvalue weighted by Gasteiger charge is 2.08. The van der Waals surface area contributed by atoms with E-state index in [4.69, 9.17) is 0 Å². The Hall–Kier alpha value is -1.12. The lowest BCUT2D eigenvalue weighted by molar-refractivity contribution is 0.0971. The molecule has 0 N–H and O–H groups in total. The number of Topliss-reactive ketones (excluding diaryl/α,β-unsaturated/α-hetero) is 1. The predicted molar refractivity (Wildman–Crippen MR) is 56.3 cm³/mol. The van der Waals surface area contributed by atoms with Gasteiger partial charge in [-0.25, -0.2) is 4.98 Å². The Morgan fingerprint density at radius 2 is 2.21 bits per heavy atom. The van der Waals surface area contributed by atoms with E-state index in [-0.39, 0.29) is 5.78 Å². The van der Waals surface area contributed by atoms with Gasteiger partial charge in [0.2, 0.25) is 0 Å². The Labute approximate surface area is 85.2 Å². The number of unbranched alkanes of at least 4 members (excludes halogenated alkanes) is 3. The number of nitrogens with zero attached hydrogens (tertiary/aromatic N) is 2. The molecule has 0 aromatic carbocycles. The molecule has 78 valence electrons. The molecule has 3 heteroatoms. The largest absolute Gasteiger partial charge is 0.331 e. The van der Waals surface area contributed by atoms with E-state index in [1.165, 1.54) is 12.8 Å². The Morgan fingerprint density at radius 1 is 1.43 bits per heavy atom. The Balaban J connectivity index is 2.32. The van der Waals surface area contributed by atoms with E-state index in [0.29, 0.717) is 6.42 Å². The van der Waals surface area contributed by atoms with E-state index in [9.17, 15) is 4.79 Å². The minimum atomic E-state index is 0.209. The van der Waals surface area contributed by atoms with Crippen LogP contribution in [-0.2, 0) is 7.05 Å². The van der Waals surface area contributed by atoms with E-state index in [1.54, 1.807) is 17.1 Å². The van der Waals surface area contributed by atoms with E-state index in [0.717, 1.165) is 18.5 Å². The van der Waals surface area contributed by atoms with E-state index < -0.39 is 0 Å². The fraction of sp³-hybridized carbons (Fsp3) is 0.636. The first-order valence-corrected chi connectivity index (χ1v) is 5.25. The summed E-state index contributed by atoms with van der Waals surface area (Å²) >= 11 is 0. The topological polar surface area (TPSA) is 34.9 Å². The lowest BCUT2D eigenvalue weighted by Gasteiger charge is -2.00. The van der Waals surface area contributed by atoms with Crippen molar-refractivity contribution in [2.75, 3.05) is 0 Å². The maximum Gasteiger partial charge on any atom is 0.180 e. The fourth-order valence-electron chi connectivity index (χ4n) is 1.47. The van der Waals surface area contributed by atoms with Crippen LogP contribution in [0.15, 0.2) is 12.5 Å². The zero-order chi connectivity index (χ0) is 10.4. The van der Waals surface area contributed by atoms with Gasteiger partial charge >= 0.3 is 0 Å². The fourth-order valence-corrected chi connectivity index (χ4v) is 1.47. The van der Waals surface area contributed by atoms with Crippen molar-refractivity contribution in [2.24, 2.45) is 7.05 Å². The first-order valence-electron chi connectivity index (χ1n) is 5.25. The minimum absolute atomic E-state index is 0.209. The summed E-state index contributed by atoms with van der Waals surface area (Å²) in [4.78, 5) is 15.6. The number of rotatable bonds is 6. The van der Waals surface area contributed by atoms with Crippen molar-refractivity contribution in [2.45, 2.75) is 39.0 Å². The number of aryl methyl sites for hydroxylation is 1. The lowest BCUT2D eigenvalue weighted by atomic mass is 10.1. The van der Waals surface area contributed by atoms with Crippen LogP contribution in [0.5, 0.6) is 0 Å². The van der Waals surface area contributed by atoms with Crippen molar-refractivity contribution in [3.8, 4) is 0 Å². The van der Waals surface area contributed by atoms with Crippen LogP contribution in [0.2, 0.25) is 0 Å². The zero-order valence-electron chi connectivity index (χ0n) is 8.99. The van der Waals surface area contributed by atoms with E-state index in [2.05, 4.69) is 11.9 Å². The maximum absolute atomic E-state index is 11.6. The van der Waals surface area contributed by atoms with Gasteiger partial charge in [0.1, 0.15) is 5.69 Å². The summed E-state index contributed by atoms with van der Waals surface area (Å²) in [6.45, 7) is 2.17. The molecule has 1 rings (SSSR count). The Kier molecular flexibility index (Phi) is 4.36. The van der Waals surface area contributed by atoms with Crippen molar-refractivity contribution in [3.05, 3.63) is 18.2 Å². The second-order valence-corrected chi connectivity index (χ2v) is 3.62. The molecule has 0 radical (unpaired) electrons. The molecular formula is C11H18N2O. The third-order valence-electron chi connectivity index (χ3n) is 2.36. The highest BCUT2D eigenvalue weighted by Crippen LogP contribution is 2.07. The molecule has 0 aliphatic carbocycles. The molecule has 0 fully saturated rings. The molecule has 0 aliphatic rings. The highest BCUT2D eigenvalue weighted by molar-refractivity contribution is 5.94. The molecule has 0 aliphatic heterocycles. The summed E-state index contributed by atoms with van der Waals surface area (Å²) < 4.78 is 1.78. The third kappa shape index (κ3) is 2.98. The van der Waals surface area contributed by atoms with E-state index >= 15 is 0 Å². The SMILES string of the molecule is CCCCCCC(=O)c1cncn1C. The van der Waals surface area contributed by atoms with Crippen molar-refractivity contribution >= 4 is 5.78 Å². The summed E-state index contributed by atoms with van der Waals surface area (Å²) in [7, 11) is 1.85. The average Bonchev–Trinajstić information content (AvgIpc) is 2.59. The van der Waals surface area contributed by atoms with Crippen molar-refractivity contribution in [1.82, 2.24) is 9.55 Å². The second kappa shape index (κ2) is 5.58. The van der Waals surface area contributed by atoms with Gasteiger partial charge in [-0.2, -0.15) is 0 Å². The van der Waals surface area contributed by atoms with Gasteiger partial charge in [0.15, 0.2) is 5.78 Å². The lowest BCUT2D eigenvalue weighted by Crippen LogP contribution is -2.04. The molecule has 0 atom stereocenters. The van der Waals surface area contributed by atoms with Crippen molar-refractivity contribution in [1.29, 1.82) is 0 Å². The Bertz CT molecular complexity index is 291. The molecule has 1 aromatic rings. The normalized spacial score (nSPS) is 10.4. The number of ketones is 1. The van der Waals surface area contributed by atoms with Crippen LogP contribution in [0, 0.1) is 0 Å². The quantitative estimate of drug-likeness (QED) is 0.515. The summed E-state index contributed by atoms with van der Waals surface area (Å²) in [5, 5.41) is 0. The first-order chi connectivity index (χ1) is 6.75. The molecule has 0 saturated carbocycles. The van der Waals surface area contributed by atoms with Gasteiger partial charge in [-0.3, -0.25) is 4.79 Å². The van der Waals surface area contributed by atoms with Gasteiger partial charge < -0.3 is 4.57 Å². The molecule has 0 amide bonds. The van der Waals surface area contributed by atoms with Crippen LogP contribution in [0.4, 0.5) is 0 Å². The zero-order valence-corrected chi connectivity index (χ0v) is 8.99. The maximum atomic E-state index is 11.6. The summed E-state index contributed by atoms with van der Waals surface area (Å²) in [5.41, 5.74) is 0.724. The minimum Gasteiger partial charge on any atom is -0.331 e. The molecule has 0 saturated heterocycles. The molecule has 1 heterocycles. The Morgan fingerprint density at radius 3 is 2.79 bits per heavy atom. The van der Waals surface area contributed by atoms with Crippen molar-refractivity contribution < 1.29 is 4.79 Å². The standard InChI is InChI=1S/C11H18N2O/c1-3-4-5-6-7-11(14)10-8-12-9-13(10)2/h8-9H,3-7H2,1-2H3. The van der Waals surface area contributed by atoms with Crippen LogP contribution in [-0.4, -0.2) is 15.3 Å². The van der Waals surface area contributed by atoms with Gasteiger partial charge in [-0.1, -0.05) is 26.2 Å². The number of carbonyl (C=O) groups excluding carboxylic acids is 1. The highest BCUT2D eigenvalue weighted by atomic mass is 16.1. The average molecular weight is 194 g/mol. The van der Waals surface area contributed by atoms with Gasteiger partial charge in [0, 0.05) is 13.5 Å². The predicted octanol–water partition coefficient (Wildman–Crippen LogP) is 2.57. The summed E-state index contributed by atoms with van der Waals surface area (Å²) in [6.07, 6.45) is 8.54. The first kappa shape index (κ1) is 11.0. The molecular weight excluding hydrogens is 176 g/mol. The third-order valence-corrected chi connectivity index (χ3v) is 2.36. The molecule has 3 nitrogen and oxygen atoms in total. The van der Waals surface area contributed by atoms with Crippen molar-refractivity contribution in [3.63, 3.8) is 0 Å². The van der Waals surface area contributed by atoms with Crippen LogP contribution >= 0.6 is 0 Å². The summed E-state index contributed by atoms with van der Waals surface area (Å²) in [5.74, 6) is 0.209. The van der Waals surface area contributed by atoms with Crippen LogP contribution in [0.1, 0.15) is 49.5 Å². The monoisotopic (exact) mass is 194 g/mol. The molecule has 0 unspecified atom stereocenters. The molecule has 14 heavy (non-hydrogen) atoms. The molecule has 0 spiro atoms. The van der Waals surface area contributed by atoms with Gasteiger partial charge in [-0.15, -0.1) is 0 Å². The number of hydrogen-bond donors (Lipinski definition) is 0. The smallest absolute Gasteiger partial charge is 0.180 e. The molecule has 1 aromatic heterocycles. The van der Waals surface area contributed by atoms with Crippen LogP contribution in [0.3, 0.4) is 0 Å². The van der Waals surface area contributed by atoms with E-state index in [1.807, 2.05) is 7.05 Å². The van der Waals surface area contributed by atoms with Gasteiger partial charge in [0.05, 0.1) is 12.5 Å². The number of aromatic nitrogens is 2. The number of carbonyl (C=O) groups is 1. The van der Waals surface area contributed by atoms with Gasteiger partial charge in [0.25, 0.3) is 0 Å². The number of hydrogen-bond acceptors (Lipinski definition) is 2. The summed E-state index contributed by atoms with van der Waals surface area (Å²) in [6, 6.07) is 0. The van der Waals surface area contributed by atoms with Crippen LogP contribution < -0.4 is 0 Å². The number of imidazole rings is 1.